The molecule has 1 saturated heterocycles. The van der Waals surface area contributed by atoms with Crippen molar-refractivity contribution < 1.29 is 33.3 Å². The van der Waals surface area contributed by atoms with Gasteiger partial charge in [-0.3, -0.25) is 14.5 Å². The van der Waals surface area contributed by atoms with Gasteiger partial charge in [0.25, 0.3) is 5.91 Å². The maximum absolute atomic E-state index is 13.1. The Kier molecular flexibility index (Phi) is 10.3. The Hall–Kier alpha value is -3.17. The lowest BCUT2D eigenvalue weighted by Gasteiger charge is -2.27. The Morgan fingerprint density at radius 1 is 0.946 bits per heavy atom. The highest BCUT2D eigenvalue weighted by Crippen LogP contribution is 2.41. The number of benzene rings is 2. The molecule has 0 atom stereocenters. The van der Waals surface area contributed by atoms with Crippen molar-refractivity contribution in [3.63, 3.8) is 0 Å². The maximum Gasteiger partial charge on any atom is 0.414 e. The first-order chi connectivity index (χ1) is 17.8. The number of methoxy groups -OCH3 is 1. The van der Waals surface area contributed by atoms with E-state index >= 15 is 0 Å². The van der Waals surface area contributed by atoms with E-state index in [9.17, 15) is 14.4 Å². The predicted octanol–water partition coefficient (Wildman–Crippen LogP) is 5.95. The van der Waals surface area contributed by atoms with Crippen molar-refractivity contribution >= 4 is 46.9 Å². The van der Waals surface area contributed by atoms with Crippen molar-refractivity contribution in [1.29, 1.82) is 0 Å². The molecule has 200 valence electrons. The number of hydrogen-bond acceptors (Lipinski definition) is 7. The lowest BCUT2D eigenvalue weighted by atomic mass is 10.1. The van der Waals surface area contributed by atoms with Crippen LogP contribution in [0.1, 0.15) is 43.5 Å². The third kappa shape index (κ3) is 7.20. The van der Waals surface area contributed by atoms with Crippen molar-refractivity contribution in [3.8, 4) is 17.2 Å². The number of carbonyl (C=O) groups is 3. The minimum absolute atomic E-state index is 0.0837. The number of esters is 1. The summed E-state index contributed by atoms with van der Waals surface area (Å²) in [5, 5.41) is 0.167. The molecule has 1 aliphatic heterocycles. The van der Waals surface area contributed by atoms with Gasteiger partial charge in [0.05, 0.1) is 41.6 Å². The summed E-state index contributed by atoms with van der Waals surface area (Å²) in [7, 11) is 1.50. The molecule has 37 heavy (non-hydrogen) atoms. The van der Waals surface area contributed by atoms with Gasteiger partial charge in [-0.2, -0.15) is 0 Å². The third-order valence-electron chi connectivity index (χ3n) is 5.64. The number of likely N-dealkylation sites (tertiary alicyclic amines) is 1. The van der Waals surface area contributed by atoms with Crippen LogP contribution < -0.4 is 14.4 Å². The van der Waals surface area contributed by atoms with Crippen molar-refractivity contribution in [2.45, 2.75) is 33.1 Å². The molecule has 0 aliphatic carbocycles. The minimum Gasteiger partial charge on any atom is -0.496 e. The summed E-state index contributed by atoms with van der Waals surface area (Å²) in [6.07, 6.45) is 2.26. The Balaban J connectivity index is 1.89. The Morgan fingerprint density at radius 3 is 2.19 bits per heavy atom. The number of hydrogen-bond donors (Lipinski definition) is 0. The molecule has 0 radical (unpaired) electrons. The van der Waals surface area contributed by atoms with Gasteiger partial charge in [-0.25, -0.2) is 4.79 Å². The van der Waals surface area contributed by atoms with Gasteiger partial charge in [0.15, 0.2) is 5.75 Å². The Morgan fingerprint density at radius 2 is 1.59 bits per heavy atom. The van der Waals surface area contributed by atoms with E-state index in [1.807, 2.05) is 0 Å². The largest absolute Gasteiger partial charge is 0.496 e. The Labute approximate surface area is 226 Å². The second-order valence-electron chi connectivity index (χ2n) is 8.15. The van der Waals surface area contributed by atoms with Gasteiger partial charge in [0, 0.05) is 13.1 Å². The number of anilines is 1. The number of rotatable bonds is 9. The van der Waals surface area contributed by atoms with E-state index in [4.69, 9.17) is 42.1 Å². The normalized spacial score (nSPS) is 13.1. The van der Waals surface area contributed by atoms with Crippen LogP contribution in [0.5, 0.6) is 17.2 Å². The number of nitrogens with zero attached hydrogens (tertiary/aromatic N) is 2. The fourth-order valence-electron chi connectivity index (χ4n) is 3.90. The van der Waals surface area contributed by atoms with E-state index < -0.39 is 12.1 Å². The van der Waals surface area contributed by atoms with Crippen LogP contribution in [0.4, 0.5) is 10.5 Å². The maximum atomic E-state index is 13.1. The first-order valence-corrected chi connectivity index (χ1v) is 12.8. The van der Waals surface area contributed by atoms with Crippen LogP contribution in [0, 0.1) is 0 Å². The van der Waals surface area contributed by atoms with Crippen LogP contribution in [0.2, 0.25) is 10.0 Å². The van der Waals surface area contributed by atoms with E-state index in [-0.39, 0.29) is 47.1 Å². The lowest BCUT2D eigenvalue weighted by Crippen LogP contribution is -2.37. The molecule has 9 nitrogen and oxygen atoms in total. The zero-order chi connectivity index (χ0) is 26.9. The summed E-state index contributed by atoms with van der Waals surface area (Å²) >= 11 is 13.0. The molecule has 1 aliphatic rings. The van der Waals surface area contributed by atoms with Gasteiger partial charge < -0.3 is 23.8 Å². The lowest BCUT2D eigenvalue weighted by molar-refractivity contribution is -0.141. The molecule has 1 fully saturated rings. The summed E-state index contributed by atoms with van der Waals surface area (Å²) in [5.41, 5.74) is 0.596. The van der Waals surface area contributed by atoms with Crippen molar-refractivity contribution in [2.75, 3.05) is 44.9 Å². The molecule has 0 bridgehead atoms. The quantitative estimate of drug-likeness (QED) is 0.355. The summed E-state index contributed by atoms with van der Waals surface area (Å²) < 4.78 is 21.4. The molecule has 2 aromatic carbocycles. The first-order valence-electron chi connectivity index (χ1n) is 12.0. The standard InChI is InChI=1S/C26H30Cl2N2O7/c1-4-35-23(31)16-30(26(33)36-5-2)17-13-20(27)24(21(28)14-17)37-18-9-10-22(34-3)19(15-18)25(32)29-11-7-6-8-12-29/h9-10,13-15H,4-8,11-12,16H2,1-3H3. The molecule has 1 heterocycles. The molecule has 11 heteroatoms. The number of halogens is 2. The zero-order valence-electron chi connectivity index (χ0n) is 21.1. The molecule has 2 amide bonds. The van der Waals surface area contributed by atoms with Crippen LogP contribution in [0.25, 0.3) is 0 Å². The SMILES string of the molecule is CCOC(=O)CN(C(=O)OCC)c1cc(Cl)c(Oc2ccc(OC)c(C(=O)N3CCCCC3)c2)c(Cl)c1. The third-order valence-corrected chi connectivity index (χ3v) is 6.20. The second-order valence-corrected chi connectivity index (χ2v) is 8.96. The summed E-state index contributed by atoms with van der Waals surface area (Å²) in [6, 6.07) is 7.73. The highest BCUT2D eigenvalue weighted by Gasteiger charge is 2.25. The molecular weight excluding hydrogens is 523 g/mol. The van der Waals surface area contributed by atoms with Crippen molar-refractivity contribution in [1.82, 2.24) is 4.90 Å². The predicted molar refractivity (Wildman–Crippen MR) is 140 cm³/mol. The number of ether oxygens (including phenoxy) is 4. The monoisotopic (exact) mass is 552 g/mol. The number of carbonyl (C=O) groups excluding carboxylic acids is 3. The number of piperidine rings is 1. The Bertz CT molecular complexity index is 1110. The molecule has 0 N–H and O–H groups in total. The number of amides is 2. The van der Waals surface area contributed by atoms with Gasteiger partial charge >= 0.3 is 12.1 Å². The minimum atomic E-state index is -0.757. The zero-order valence-corrected chi connectivity index (χ0v) is 22.6. The highest BCUT2D eigenvalue weighted by molar-refractivity contribution is 6.37. The van der Waals surface area contributed by atoms with Crippen LogP contribution >= 0.6 is 23.2 Å². The van der Waals surface area contributed by atoms with Crippen molar-refractivity contribution in [3.05, 3.63) is 45.9 Å². The van der Waals surface area contributed by atoms with Crippen LogP contribution in [0.15, 0.2) is 30.3 Å². The second kappa shape index (κ2) is 13.4. The summed E-state index contributed by atoms with van der Waals surface area (Å²) in [5.74, 6) is 0.116. The average Bonchev–Trinajstić information content (AvgIpc) is 2.89. The molecule has 0 aromatic heterocycles. The first kappa shape index (κ1) is 28.4. The van der Waals surface area contributed by atoms with Gasteiger partial charge in [-0.05, 0) is 63.4 Å². The molecular formula is C26H30Cl2N2O7. The molecule has 2 aromatic rings. The van der Waals surface area contributed by atoms with E-state index in [1.54, 1.807) is 36.9 Å². The molecule has 0 saturated carbocycles. The highest BCUT2D eigenvalue weighted by atomic mass is 35.5. The van der Waals surface area contributed by atoms with Crippen molar-refractivity contribution in [2.24, 2.45) is 0 Å². The van der Waals surface area contributed by atoms with Gasteiger partial charge in [-0.15, -0.1) is 0 Å². The van der Waals surface area contributed by atoms with E-state index in [2.05, 4.69) is 0 Å². The van der Waals surface area contributed by atoms with Gasteiger partial charge in [-0.1, -0.05) is 23.2 Å². The van der Waals surface area contributed by atoms with Crippen LogP contribution in [0.3, 0.4) is 0 Å². The molecule has 0 unspecified atom stereocenters. The summed E-state index contributed by atoms with van der Waals surface area (Å²) in [4.78, 5) is 40.6. The van der Waals surface area contributed by atoms with E-state index in [0.717, 1.165) is 24.2 Å². The van der Waals surface area contributed by atoms with Gasteiger partial charge in [0.2, 0.25) is 0 Å². The fraction of sp³-hybridized carbons (Fsp3) is 0.423. The van der Waals surface area contributed by atoms with E-state index in [0.29, 0.717) is 30.2 Å². The average molecular weight is 553 g/mol. The topological polar surface area (TPSA) is 94.6 Å². The van der Waals surface area contributed by atoms with Crippen LogP contribution in [-0.2, 0) is 14.3 Å². The smallest absolute Gasteiger partial charge is 0.414 e. The molecule has 3 rings (SSSR count). The van der Waals surface area contributed by atoms with E-state index in [1.165, 1.54) is 19.2 Å². The molecule has 0 spiro atoms. The summed E-state index contributed by atoms with van der Waals surface area (Å²) in [6.45, 7) is 4.57. The van der Waals surface area contributed by atoms with Crippen LogP contribution in [-0.4, -0.2) is 62.8 Å². The fourth-order valence-corrected chi connectivity index (χ4v) is 4.45. The van der Waals surface area contributed by atoms with Gasteiger partial charge in [0.1, 0.15) is 18.0 Å².